The number of rotatable bonds is 16. The number of aliphatic hydroxyl groups is 1. The number of halogens is 3. The number of ether oxygens (including phenoxy) is 6. The smallest absolute Gasteiger partial charge is 1.00 e. The molecule has 3 rings (SSSR count). The molecule has 0 radical (unpaired) electrons. The van der Waals surface area contributed by atoms with Crippen LogP contribution in [-0.4, -0.2) is 115 Å². The molecule has 564 valence electrons. The number of aliphatic hydroxyl groups excluding tert-OH is 1. The van der Waals surface area contributed by atoms with Gasteiger partial charge in [0.15, 0.2) is 0 Å². The van der Waals surface area contributed by atoms with Gasteiger partial charge in [-0.15, -0.1) is 18.8 Å². The minimum absolute atomic E-state index is 0. The summed E-state index contributed by atoms with van der Waals surface area (Å²) in [4.78, 5) is 74.0. The molecule has 0 unspecified atom stereocenters. The van der Waals surface area contributed by atoms with Gasteiger partial charge in [-0.3, -0.25) is 19.2 Å². The Labute approximate surface area is 746 Å². The van der Waals surface area contributed by atoms with Gasteiger partial charge in [0.2, 0.25) is 11.8 Å². The third kappa shape index (κ3) is 119. The zero-order chi connectivity index (χ0) is 77.0. The predicted molar refractivity (Wildman–Crippen MR) is 402 cm³/mol. The third-order valence-corrected chi connectivity index (χ3v) is 10.0. The number of esters is 2. The largest absolute Gasteiger partial charge is 1.00 e. The van der Waals surface area contributed by atoms with Crippen molar-refractivity contribution >= 4 is 52.6 Å². The second-order valence-electron chi connectivity index (χ2n) is 17.5. The molecule has 104 heavy (non-hydrogen) atoms. The van der Waals surface area contributed by atoms with Gasteiger partial charge in [-0.05, 0) is 119 Å². The molecule has 0 heterocycles. The van der Waals surface area contributed by atoms with Crippen LogP contribution in [0.3, 0.4) is 0 Å². The summed E-state index contributed by atoms with van der Waals surface area (Å²) in [5.41, 5.74) is 14.6. The summed E-state index contributed by atoms with van der Waals surface area (Å²) in [6.07, 6.45) is 20.3. The van der Waals surface area contributed by atoms with Crippen molar-refractivity contribution in [2.45, 2.75) is 167 Å². The van der Waals surface area contributed by atoms with Crippen LogP contribution in [0.25, 0.3) is 0 Å². The maximum absolute atomic E-state index is 11.5. The molecule has 0 aromatic heterocycles. The summed E-state index contributed by atoms with van der Waals surface area (Å²) >= 11 is 4.72. The number of hydrogen-bond acceptors (Lipinski definition) is 16. The Balaban J connectivity index is -0.0000000604. The van der Waals surface area contributed by atoms with Crippen molar-refractivity contribution in [2.75, 3.05) is 68.9 Å². The fourth-order valence-electron chi connectivity index (χ4n) is 4.61. The second kappa shape index (κ2) is 114. The number of amides is 4. The van der Waals surface area contributed by atoms with Crippen molar-refractivity contribution in [1.29, 1.82) is 0 Å². The van der Waals surface area contributed by atoms with Crippen molar-refractivity contribution in [3.63, 3.8) is 0 Å². The van der Waals surface area contributed by atoms with Gasteiger partial charge < -0.3 is 123 Å². The molecule has 0 spiro atoms. The van der Waals surface area contributed by atoms with Gasteiger partial charge in [-0.2, -0.15) is 6.42 Å². The maximum atomic E-state index is 11.5. The fourth-order valence-corrected chi connectivity index (χ4v) is 4.72. The molecule has 20 nitrogen and oxygen atoms in total. The Morgan fingerprint density at radius 2 is 0.817 bits per heavy atom. The van der Waals surface area contributed by atoms with E-state index in [4.69, 9.17) is 43.1 Å². The molecule has 0 saturated carbocycles. The Kier molecular flexibility index (Phi) is 148. The Morgan fingerprint density at radius 1 is 0.519 bits per heavy atom. The van der Waals surface area contributed by atoms with Gasteiger partial charge in [0.1, 0.15) is 23.9 Å². The summed E-state index contributed by atoms with van der Waals surface area (Å²) < 4.78 is 28.3. The van der Waals surface area contributed by atoms with E-state index in [9.17, 15) is 33.6 Å². The average Bonchev–Trinajstić information content (AvgIpc) is 0.929. The first-order valence-corrected chi connectivity index (χ1v) is 32.2. The van der Waals surface area contributed by atoms with Gasteiger partial charge in [0, 0.05) is 101 Å². The van der Waals surface area contributed by atoms with Crippen LogP contribution in [0.4, 0.5) is 4.79 Å². The first kappa shape index (κ1) is 135. The molecular formula is C77H117ClI2LiN6Na3O14. The van der Waals surface area contributed by atoms with E-state index in [0.717, 1.165) is 77.2 Å². The molecule has 0 aliphatic carbocycles. The van der Waals surface area contributed by atoms with Crippen molar-refractivity contribution in [1.82, 2.24) is 21.3 Å². The van der Waals surface area contributed by atoms with Crippen LogP contribution in [0.2, 0.25) is 0 Å². The molecule has 0 aliphatic rings. The molecule has 4 amide bonds. The Hall–Kier alpha value is -4.58. The molecule has 27 heteroatoms. The summed E-state index contributed by atoms with van der Waals surface area (Å²) in [5, 5.41) is 18.1. The number of benzene rings is 3. The number of carbonyl (C=O) groups is 7. The van der Waals surface area contributed by atoms with Crippen LogP contribution in [0.15, 0.2) is 96.1 Å². The van der Waals surface area contributed by atoms with E-state index in [-0.39, 0.29) is 187 Å². The van der Waals surface area contributed by atoms with Crippen LogP contribution >= 0.6 is 11.6 Å². The normalized spacial score (nSPS) is 8.02. The number of nitrogens with two attached hydrogens (primary N) is 2. The first-order chi connectivity index (χ1) is 46.9. The number of unbranched alkanes of at least 4 members (excludes halogenated alkanes) is 1. The summed E-state index contributed by atoms with van der Waals surface area (Å²) in [5.74, 6) is 25.6. The minimum Gasteiger partial charge on any atom is -1.00 e. The van der Waals surface area contributed by atoms with Crippen LogP contribution in [0.5, 0.6) is 17.2 Å². The number of likely N-dealkylation sites (N-methyl/N-ethyl adjacent to an activating group) is 1. The summed E-state index contributed by atoms with van der Waals surface area (Å²) in [7, 11) is 9.60. The van der Waals surface area contributed by atoms with Crippen molar-refractivity contribution in [3.8, 4) is 89.3 Å². The molecule has 0 fully saturated rings. The van der Waals surface area contributed by atoms with Gasteiger partial charge in [-0.25, -0.2) is 14.4 Å². The van der Waals surface area contributed by atoms with Gasteiger partial charge in [0.25, 0.3) is 11.8 Å². The maximum Gasteiger partial charge on any atom is 1.00 e. The summed E-state index contributed by atoms with van der Waals surface area (Å²) in [6, 6.07) is 22.9. The first-order valence-electron chi connectivity index (χ1n) is 31.8. The van der Waals surface area contributed by atoms with E-state index in [1.165, 1.54) is 13.5 Å². The number of terminal acetylenes is 2. The number of carbonyl (C=O) groups excluding carboxylic acids is 7. The van der Waals surface area contributed by atoms with E-state index in [1.54, 1.807) is 68.3 Å². The van der Waals surface area contributed by atoms with Gasteiger partial charge >= 0.3 is 125 Å². The average molecular weight is 1720 g/mol. The van der Waals surface area contributed by atoms with Crippen molar-refractivity contribution in [3.05, 3.63) is 120 Å². The molecule has 0 saturated heterocycles. The zero-order valence-electron chi connectivity index (χ0n) is 67.8. The quantitative estimate of drug-likeness (QED) is 0.00809. The topological polar surface area (TPSA) is 295 Å². The second-order valence-corrected chi connectivity index (χ2v) is 17.8. The SMILES string of the molecule is C#CCC.C#CCO.CC/C(C)=C/C(=O)NC.CC/C(C)=C/C(=O)NCc1ccc(OC)cc1.CCC#CC(=O)NC.CCC#CC(=O)NCc1ccc(OC)cc1.CCC#CC(=O)OCC.CCC#CC(=O)OCC.CCOC(=O)Cl.CN.COc1ccc(CN)cc1.[CH2-]CCC.[H-].[I-].[I-].[Li+].[Na+].[Na+].[Na+]. The van der Waals surface area contributed by atoms with E-state index in [0.29, 0.717) is 58.7 Å². The van der Waals surface area contributed by atoms with Crippen LogP contribution in [-0.2, 0) is 62.6 Å². The van der Waals surface area contributed by atoms with Crippen LogP contribution < -0.4 is 202 Å². The predicted octanol–water partition coefficient (Wildman–Crippen LogP) is -5.94. The Morgan fingerprint density at radius 3 is 1.05 bits per heavy atom. The van der Waals surface area contributed by atoms with E-state index in [1.807, 2.05) is 141 Å². The van der Waals surface area contributed by atoms with E-state index >= 15 is 0 Å². The molecular weight excluding hydrogens is 1600 g/mol. The molecule has 3 aromatic rings. The van der Waals surface area contributed by atoms with Gasteiger partial charge in [-0.1, -0.05) is 139 Å². The van der Waals surface area contributed by atoms with E-state index in [2.05, 4.69) is 115 Å². The molecule has 0 aliphatic heterocycles. The minimum atomic E-state index is -0.738. The monoisotopic (exact) mass is 1710 g/mol. The number of hydrogen-bond donors (Lipinski definition) is 7. The molecule has 0 atom stereocenters. The number of methoxy groups -OCH3 is 3. The van der Waals surface area contributed by atoms with Crippen molar-refractivity contribution in [2.24, 2.45) is 11.5 Å². The van der Waals surface area contributed by atoms with Crippen LogP contribution in [0.1, 0.15) is 166 Å². The van der Waals surface area contributed by atoms with Gasteiger partial charge in [0.05, 0.1) is 41.2 Å². The van der Waals surface area contributed by atoms with Crippen LogP contribution in [0, 0.1) is 79.0 Å². The van der Waals surface area contributed by atoms with Crippen molar-refractivity contribution < 1.29 is 224 Å². The fraction of sp³-hybridized carbons (Fsp3) is 0.455. The molecule has 0 bridgehead atoms. The number of allylic oxidation sites excluding steroid dienone is 2. The molecule has 3 aromatic carbocycles. The van der Waals surface area contributed by atoms with E-state index < -0.39 is 17.4 Å². The summed E-state index contributed by atoms with van der Waals surface area (Å²) in [6.45, 7) is 31.0. The zero-order valence-corrected chi connectivity index (χ0v) is 77.9. The Bertz CT molecular complexity index is 2860. The number of nitrogens with one attached hydrogen (secondary N) is 4. The third-order valence-electron chi connectivity index (χ3n) is 9.93. The molecule has 9 N–H and O–H groups in total. The standard InChI is InChI=1S/C14H19NO2.C13H15NO2.C8H11NO.C7H13NO.2C7H10O2.C6H9NO.C4H9.C4H6.C3H5ClO2.C3H4O.CH5N.2HI.Li.3Na.H/c1-4-11(2)9-14(16)15-10-12-5-7-13(17-3)8-6-12;1-3-4-5-13(15)14-10-11-6-8-12(16-2)9-7-11;1-10-8-4-2-7(6-9)3-5-8;1-4-6(2)5-7(9)8-3;2*1-3-5-6-7(8)9-4-2;1-3-4-5-6(8)7-2;2*1-3-4-2;1-2-6-3(4)5;1-2-3-4;1-2;;;;;;;/h5-9H,4,10H2,1-3H3,(H,15,16);6-9H,3,10H2,1-2H3,(H,14,15);2-5H,6,9H2,1H3;5H,4H2,1-3H3,(H,8,9);2*3-4H2,1-2H3;3H2,1-2H3,(H,7,8);1,3-4H2,2H3;1H,4H2,2H3;2H2,1H3;1,4H,3H2;2H2,1H3;2*1H;;;;;/q;;;;;;;-1;;;;;;;4*+1;-1/p-2/b11-9+;;;6-5+;;;;;;;;;;;;;;;.